The number of benzene rings is 1. The summed E-state index contributed by atoms with van der Waals surface area (Å²) in [5, 5.41) is 9.14. The molecule has 1 aromatic carbocycles. The van der Waals surface area contributed by atoms with Crippen LogP contribution in [0.25, 0.3) is 0 Å². The minimum atomic E-state index is -0.930. The third-order valence-corrected chi connectivity index (χ3v) is 3.36. The van der Waals surface area contributed by atoms with Crippen molar-refractivity contribution in [3.8, 4) is 0 Å². The highest BCUT2D eigenvalue weighted by Crippen LogP contribution is 2.20. The van der Waals surface area contributed by atoms with Crippen molar-refractivity contribution in [2.75, 3.05) is 11.4 Å². The zero-order chi connectivity index (χ0) is 16.1. The number of carboxylic acid groups (broad SMARTS) is 1. The van der Waals surface area contributed by atoms with Crippen LogP contribution in [0.1, 0.15) is 22.8 Å². The average Bonchev–Trinajstić information content (AvgIpc) is 2.52. The number of carboxylic acids is 1. The number of amides is 1. The van der Waals surface area contributed by atoms with Gasteiger partial charge in [0.2, 0.25) is 0 Å². The lowest BCUT2D eigenvalue weighted by Gasteiger charge is -2.25. The Balaban J connectivity index is 2.37. The Labute approximate surface area is 129 Å². The lowest BCUT2D eigenvalue weighted by molar-refractivity contribution is -0.140. The molecule has 0 saturated heterocycles. The van der Waals surface area contributed by atoms with Crippen LogP contribution in [0.4, 0.5) is 5.69 Å². The zero-order valence-corrected chi connectivity index (χ0v) is 12.6. The molecule has 22 heavy (non-hydrogen) atoms. The van der Waals surface area contributed by atoms with E-state index in [2.05, 4.69) is 4.98 Å². The van der Waals surface area contributed by atoms with Crippen molar-refractivity contribution in [2.45, 2.75) is 13.8 Å². The number of nitrogens with zero attached hydrogens (tertiary/aromatic N) is 2. The van der Waals surface area contributed by atoms with E-state index >= 15 is 0 Å². The fraction of sp³-hybridized carbons (Fsp3) is 0.235. The maximum atomic E-state index is 12.7. The Hall–Kier alpha value is -2.69. The van der Waals surface area contributed by atoms with Crippen molar-refractivity contribution >= 4 is 17.6 Å². The number of aliphatic carboxylic acids is 1. The first-order valence-corrected chi connectivity index (χ1v) is 7.00. The molecule has 0 aliphatic heterocycles. The van der Waals surface area contributed by atoms with Crippen LogP contribution < -0.4 is 4.90 Å². The number of hydrogen-bond acceptors (Lipinski definition) is 3. The largest absolute Gasteiger partial charge is 0.481 e. The van der Waals surface area contributed by atoms with E-state index < -0.39 is 11.9 Å². The number of aromatic nitrogens is 1. The maximum Gasteiger partial charge on any atom is 0.308 e. The van der Waals surface area contributed by atoms with E-state index in [1.165, 1.54) is 4.90 Å². The topological polar surface area (TPSA) is 70.5 Å². The molecule has 2 rings (SSSR count). The molecular weight excluding hydrogens is 280 g/mol. The van der Waals surface area contributed by atoms with Gasteiger partial charge in [-0.15, -0.1) is 0 Å². The van der Waals surface area contributed by atoms with Crippen LogP contribution in [-0.4, -0.2) is 28.5 Å². The summed E-state index contributed by atoms with van der Waals surface area (Å²) in [5.74, 6) is -1.83. The van der Waals surface area contributed by atoms with E-state index in [9.17, 15) is 9.59 Å². The van der Waals surface area contributed by atoms with Gasteiger partial charge in [0.1, 0.15) is 0 Å². The molecule has 0 bridgehead atoms. The molecular formula is C17H18N2O3. The molecule has 2 aromatic rings. The zero-order valence-electron chi connectivity index (χ0n) is 12.6. The number of anilines is 1. The molecule has 1 atom stereocenters. The van der Waals surface area contributed by atoms with Gasteiger partial charge >= 0.3 is 5.97 Å². The Morgan fingerprint density at radius 1 is 1.23 bits per heavy atom. The van der Waals surface area contributed by atoms with Crippen molar-refractivity contribution in [3.63, 3.8) is 0 Å². The molecule has 1 amide bonds. The molecule has 0 aliphatic carbocycles. The number of rotatable bonds is 5. The Kier molecular flexibility index (Phi) is 4.88. The number of carbonyl (C=O) groups is 2. The predicted octanol–water partition coefficient (Wildman–Crippen LogP) is 2.76. The smallest absolute Gasteiger partial charge is 0.308 e. The summed E-state index contributed by atoms with van der Waals surface area (Å²) in [6.07, 6.45) is 3.09. The van der Waals surface area contributed by atoms with E-state index in [0.29, 0.717) is 11.3 Å². The van der Waals surface area contributed by atoms with E-state index in [1.807, 2.05) is 25.1 Å². The van der Waals surface area contributed by atoms with Crippen molar-refractivity contribution in [1.82, 2.24) is 4.98 Å². The SMILES string of the molecule is Cc1cccc(N(CC(C)C(=O)O)C(=O)c2ccncc2)c1. The third-order valence-electron chi connectivity index (χ3n) is 3.36. The van der Waals surface area contributed by atoms with Crippen LogP contribution in [0.15, 0.2) is 48.8 Å². The predicted molar refractivity (Wildman–Crippen MR) is 83.9 cm³/mol. The highest BCUT2D eigenvalue weighted by atomic mass is 16.4. The minimum absolute atomic E-state index is 0.111. The summed E-state index contributed by atoms with van der Waals surface area (Å²) in [4.78, 5) is 29.3. The van der Waals surface area contributed by atoms with Gasteiger partial charge in [-0.25, -0.2) is 0 Å². The van der Waals surface area contributed by atoms with Crippen LogP contribution >= 0.6 is 0 Å². The maximum absolute atomic E-state index is 12.7. The highest BCUT2D eigenvalue weighted by molar-refractivity contribution is 6.06. The van der Waals surface area contributed by atoms with Gasteiger partial charge in [0, 0.05) is 30.2 Å². The van der Waals surface area contributed by atoms with Gasteiger partial charge in [-0.2, -0.15) is 0 Å². The molecule has 114 valence electrons. The van der Waals surface area contributed by atoms with Crippen molar-refractivity contribution in [3.05, 3.63) is 59.9 Å². The molecule has 5 heteroatoms. The third kappa shape index (κ3) is 3.69. The second-order valence-electron chi connectivity index (χ2n) is 5.23. The molecule has 1 heterocycles. The van der Waals surface area contributed by atoms with Gasteiger partial charge in [0.25, 0.3) is 5.91 Å². The molecule has 1 aromatic heterocycles. The van der Waals surface area contributed by atoms with Crippen LogP contribution in [0.5, 0.6) is 0 Å². The molecule has 0 radical (unpaired) electrons. The van der Waals surface area contributed by atoms with Crippen LogP contribution in [0, 0.1) is 12.8 Å². The van der Waals surface area contributed by atoms with Gasteiger partial charge in [0.15, 0.2) is 0 Å². The fourth-order valence-corrected chi connectivity index (χ4v) is 2.10. The minimum Gasteiger partial charge on any atom is -0.481 e. The Morgan fingerprint density at radius 2 is 1.91 bits per heavy atom. The molecule has 1 unspecified atom stereocenters. The van der Waals surface area contributed by atoms with Crippen LogP contribution in [-0.2, 0) is 4.79 Å². The summed E-state index contributed by atoms with van der Waals surface area (Å²) < 4.78 is 0. The van der Waals surface area contributed by atoms with Gasteiger partial charge in [-0.3, -0.25) is 14.6 Å². The summed E-state index contributed by atoms with van der Waals surface area (Å²) >= 11 is 0. The summed E-state index contributed by atoms with van der Waals surface area (Å²) in [6, 6.07) is 10.7. The van der Waals surface area contributed by atoms with E-state index in [1.54, 1.807) is 37.5 Å². The molecule has 0 spiro atoms. The summed E-state index contributed by atoms with van der Waals surface area (Å²) in [7, 11) is 0. The van der Waals surface area contributed by atoms with Crippen LogP contribution in [0.3, 0.4) is 0 Å². The second-order valence-corrected chi connectivity index (χ2v) is 5.23. The van der Waals surface area contributed by atoms with E-state index in [-0.39, 0.29) is 12.5 Å². The molecule has 0 aliphatic rings. The summed E-state index contributed by atoms with van der Waals surface area (Å²) in [6.45, 7) is 3.63. The van der Waals surface area contributed by atoms with Gasteiger partial charge < -0.3 is 10.0 Å². The standard InChI is InChI=1S/C17H18N2O3/c1-12-4-3-5-15(10-12)19(11-13(2)17(21)22)16(20)14-6-8-18-9-7-14/h3-10,13H,11H2,1-2H3,(H,21,22). The second kappa shape index (κ2) is 6.85. The molecule has 0 fully saturated rings. The Morgan fingerprint density at radius 3 is 2.50 bits per heavy atom. The first kappa shape index (κ1) is 15.7. The lowest BCUT2D eigenvalue weighted by Crippen LogP contribution is -2.37. The monoisotopic (exact) mass is 298 g/mol. The lowest BCUT2D eigenvalue weighted by atomic mass is 10.1. The first-order chi connectivity index (χ1) is 10.5. The van der Waals surface area contributed by atoms with Crippen LogP contribution in [0.2, 0.25) is 0 Å². The quantitative estimate of drug-likeness (QED) is 0.921. The number of pyridine rings is 1. The van der Waals surface area contributed by atoms with Crippen molar-refractivity contribution < 1.29 is 14.7 Å². The van der Waals surface area contributed by atoms with Crippen molar-refractivity contribution in [1.29, 1.82) is 0 Å². The van der Waals surface area contributed by atoms with Gasteiger partial charge in [-0.1, -0.05) is 19.1 Å². The fourth-order valence-electron chi connectivity index (χ4n) is 2.10. The molecule has 5 nitrogen and oxygen atoms in total. The highest BCUT2D eigenvalue weighted by Gasteiger charge is 2.23. The number of carbonyl (C=O) groups excluding carboxylic acids is 1. The summed E-state index contributed by atoms with van der Waals surface area (Å²) in [5.41, 5.74) is 2.18. The van der Waals surface area contributed by atoms with Gasteiger partial charge in [0.05, 0.1) is 5.92 Å². The van der Waals surface area contributed by atoms with Crippen molar-refractivity contribution in [2.24, 2.45) is 5.92 Å². The van der Waals surface area contributed by atoms with E-state index in [4.69, 9.17) is 5.11 Å². The molecule has 1 N–H and O–H groups in total. The average molecular weight is 298 g/mol. The number of aryl methyl sites for hydroxylation is 1. The van der Waals surface area contributed by atoms with Gasteiger partial charge in [-0.05, 0) is 36.8 Å². The van der Waals surface area contributed by atoms with E-state index in [0.717, 1.165) is 5.56 Å². The molecule has 0 saturated carbocycles. The number of hydrogen-bond donors (Lipinski definition) is 1. The Bertz CT molecular complexity index is 671. The normalized spacial score (nSPS) is 11.7. The first-order valence-electron chi connectivity index (χ1n) is 7.00.